The van der Waals surface area contributed by atoms with Crippen LogP contribution in [0.4, 0.5) is 23.2 Å². The molecule has 1 N–H and O–H groups in total. The molecule has 2 rings (SSSR count). The molecule has 0 radical (unpaired) electrons. The number of amides is 1. The summed E-state index contributed by atoms with van der Waals surface area (Å²) >= 11 is 0. The van der Waals surface area contributed by atoms with Crippen LogP contribution in [-0.4, -0.2) is 23.4 Å². The van der Waals surface area contributed by atoms with E-state index in [1.807, 2.05) is 0 Å². The average molecular weight is 306 g/mol. The van der Waals surface area contributed by atoms with Crippen LogP contribution in [0.3, 0.4) is 0 Å². The summed E-state index contributed by atoms with van der Waals surface area (Å²) in [5.74, 6) is -5.89. The highest BCUT2D eigenvalue weighted by atomic mass is 19.3. The maximum absolute atomic E-state index is 14.1. The molecule has 1 heterocycles. The third-order valence-corrected chi connectivity index (χ3v) is 3.46. The van der Waals surface area contributed by atoms with Crippen LogP contribution in [0.2, 0.25) is 0 Å². The highest BCUT2D eigenvalue weighted by molar-refractivity contribution is 5.78. The fourth-order valence-corrected chi connectivity index (χ4v) is 2.30. The van der Waals surface area contributed by atoms with Crippen molar-refractivity contribution >= 4 is 11.6 Å². The SMILES string of the molecule is O=C1CCC(F)(F)C(CF)(c2cc([N+](=O)[O-])ccc2F)N1. The Balaban J connectivity index is 2.66. The number of halogens is 4. The Morgan fingerprint density at radius 3 is 2.62 bits per heavy atom. The molecule has 1 aliphatic rings. The summed E-state index contributed by atoms with van der Waals surface area (Å²) in [7, 11) is 0. The van der Waals surface area contributed by atoms with Crippen molar-refractivity contribution in [1.82, 2.24) is 5.32 Å². The van der Waals surface area contributed by atoms with Crippen LogP contribution in [-0.2, 0) is 10.3 Å². The molecule has 114 valence electrons. The predicted molar refractivity (Wildman–Crippen MR) is 63.0 cm³/mol. The Labute approximate surface area is 116 Å². The molecule has 1 unspecified atom stereocenters. The number of nitro benzene ring substituents is 1. The monoisotopic (exact) mass is 306 g/mol. The number of benzene rings is 1. The van der Waals surface area contributed by atoms with Crippen LogP contribution in [0.1, 0.15) is 18.4 Å². The molecular formula is C12H10F4N2O3. The van der Waals surface area contributed by atoms with E-state index >= 15 is 0 Å². The summed E-state index contributed by atoms with van der Waals surface area (Å²) in [4.78, 5) is 21.1. The number of piperidine rings is 1. The molecule has 0 bridgehead atoms. The van der Waals surface area contributed by atoms with Crippen molar-refractivity contribution in [2.75, 3.05) is 6.67 Å². The molecule has 21 heavy (non-hydrogen) atoms. The molecule has 1 saturated heterocycles. The second-order valence-electron chi connectivity index (χ2n) is 4.71. The van der Waals surface area contributed by atoms with Crippen molar-refractivity contribution in [2.24, 2.45) is 0 Å². The number of hydrogen-bond acceptors (Lipinski definition) is 3. The van der Waals surface area contributed by atoms with Gasteiger partial charge in [0.05, 0.1) is 4.92 Å². The quantitative estimate of drug-likeness (QED) is 0.529. The Morgan fingerprint density at radius 1 is 1.38 bits per heavy atom. The van der Waals surface area contributed by atoms with E-state index in [2.05, 4.69) is 0 Å². The Morgan fingerprint density at radius 2 is 2.05 bits per heavy atom. The van der Waals surface area contributed by atoms with E-state index in [-0.39, 0.29) is 0 Å². The Bertz CT molecular complexity index is 608. The number of rotatable bonds is 3. The molecule has 1 aromatic carbocycles. The second kappa shape index (κ2) is 4.97. The van der Waals surface area contributed by atoms with Gasteiger partial charge in [-0.25, -0.2) is 17.6 Å². The maximum atomic E-state index is 14.1. The summed E-state index contributed by atoms with van der Waals surface area (Å²) in [5.41, 5.74) is -4.54. The number of carbonyl (C=O) groups excluding carboxylic acids is 1. The standard InChI is InChI=1S/C12H10F4N2O3/c13-6-11(12(15,16)4-3-10(19)17-11)8-5-7(18(20)21)1-2-9(8)14/h1-2,5H,3-4,6H2,(H,17,19). The molecule has 0 saturated carbocycles. The lowest BCUT2D eigenvalue weighted by molar-refractivity contribution is -0.385. The molecule has 1 amide bonds. The fraction of sp³-hybridized carbons (Fsp3) is 0.417. The predicted octanol–water partition coefficient (Wildman–Crippen LogP) is 2.44. The van der Waals surface area contributed by atoms with Crippen molar-refractivity contribution in [3.8, 4) is 0 Å². The first kappa shape index (κ1) is 15.2. The maximum Gasteiger partial charge on any atom is 0.278 e. The molecule has 0 spiro atoms. The van der Waals surface area contributed by atoms with E-state index in [0.717, 1.165) is 6.07 Å². The van der Waals surface area contributed by atoms with Gasteiger partial charge >= 0.3 is 0 Å². The number of alkyl halides is 3. The molecule has 1 fully saturated rings. The summed E-state index contributed by atoms with van der Waals surface area (Å²) < 4.78 is 55.4. The van der Waals surface area contributed by atoms with E-state index in [0.29, 0.717) is 12.1 Å². The van der Waals surface area contributed by atoms with Gasteiger partial charge in [0, 0.05) is 30.5 Å². The second-order valence-corrected chi connectivity index (χ2v) is 4.71. The molecule has 1 aromatic rings. The minimum absolute atomic E-state index is 0.522. The Hall–Kier alpha value is -2.19. The lowest BCUT2D eigenvalue weighted by Crippen LogP contribution is -2.63. The summed E-state index contributed by atoms with van der Waals surface area (Å²) in [6.07, 6.45) is -1.50. The van der Waals surface area contributed by atoms with Crippen molar-refractivity contribution in [2.45, 2.75) is 24.3 Å². The Kier molecular flexibility index (Phi) is 3.60. The normalized spacial score (nSPS) is 24.5. The zero-order valence-electron chi connectivity index (χ0n) is 10.5. The number of non-ortho nitro benzene ring substituents is 1. The van der Waals surface area contributed by atoms with Gasteiger partial charge in [0.15, 0.2) is 5.54 Å². The van der Waals surface area contributed by atoms with Gasteiger partial charge in [0.2, 0.25) is 5.91 Å². The summed E-state index contributed by atoms with van der Waals surface area (Å²) in [6.45, 7) is -1.79. The topological polar surface area (TPSA) is 72.2 Å². The van der Waals surface area contributed by atoms with Gasteiger partial charge in [0.1, 0.15) is 12.5 Å². The number of carbonyl (C=O) groups is 1. The van der Waals surface area contributed by atoms with Gasteiger partial charge in [-0.1, -0.05) is 0 Å². The first-order valence-corrected chi connectivity index (χ1v) is 5.93. The van der Waals surface area contributed by atoms with Gasteiger partial charge < -0.3 is 5.32 Å². The lowest BCUT2D eigenvalue weighted by Gasteiger charge is -2.42. The number of hydrogen-bond donors (Lipinski definition) is 1. The zero-order valence-corrected chi connectivity index (χ0v) is 10.5. The van der Waals surface area contributed by atoms with Crippen molar-refractivity contribution < 1.29 is 27.3 Å². The van der Waals surface area contributed by atoms with E-state index in [9.17, 15) is 32.5 Å². The van der Waals surface area contributed by atoms with Crippen LogP contribution >= 0.6 is 0 Å². The van der Waals surface area contributed by atoms with Gasteiger partial charge in [-0.3, -0.25) is 14.9 Å². The fourth-order valence-electron chi connectivity index (χ4n) is 2.30. The van der Waals surface area contributed by atoms with E-state index < -0.39 is 58.9 Å². The van der Waals surface area contributed by atoms with Gasteiger partial charge in [-0.05, 0) is 6.07 Å². The lowest BCUT2D eigenvalue weighted by atomic mass is 9.79. The first-order chi connectivity index (χ1) is 9.73. The zero-order chi connectivity index (χ0) is 15.8. The van der Waals surface area contributed by atoms with Crippen molar-refractivity contribution in [1.29, 1.82) is 0 Å². The number of nitrogens with one attached hydrogen (secondary N) is 1. The summed E-state index contributed by atoms with van der Waals surface area (Å²) in [6, 6.07) is 1.89. The third-order valence-electron chi connectivity index (χ3n) is 3.46. The number of nitro groups is 1. The summed E-state index contributed by atoms with van der Waals surface area (Å²) in [5, 5.41) is 12.4. The number of nitrogens with zero attached hydrogens (tertiary/aromatic N) is 1. The van der Waals surface area contributed by atoms with E-state index in [1.54, 1.807) is 5.32 Å². The molecule has 1 aliphatic heterocycles. The first-order valence-electron chi connectivity index (χ1n) is 5.93. The molecule has 0 aromatic heterocycles. The van der Waals surface area contributed by atoms with Crippen LogP contribution in [0, 0.1) is 15.9 Å². The largest absolute Gasteiger partial charge is 0.339 e. The van der Waals surface area contributed by atoms with E-state index in [4.69, 9.17) is 0 Å². The van der Waals surface area contributed by atoms with Gasteiger partial charge in [-0.2, -0.15) is 0 Å². The van der Waals surface area contributed by atoms with Crippen LogP contribution in [0.25, 0.3) is 0 Å². The van der Waals surface area contributed by atoms with Crippen molar-refractivity contribution in [3.63, 3.8) is 0 Å². The molecule has 1 atom stereocenters. The van der Waals surface area contributed by atoms with E-state index in [1.165, 1.54) is 0 Å². The highest BCUT2D eigenvalue weighted by Crippen LogP contribution is 2.45. The van der Waals surface area contributed by atoms with Gasteiger partial charge in [-0.15, -0.1) is 0 Å². The highest BCUT2D eigenvalue weighted by Gasteiger charge is 2.59. The van der Waals surface area contributed by atoms with Crippen LogP contribution < -0.4 is 5.32 Å². The molecular weight excluding hydrogens is 296 g/mol. The smallest absolute Gasteiger partial charge is 0.278 e. The third kappa shape index (κ3) is 2.32. The average Bonchev–Trinajstić information content (AvgIpc) is 2.42. The molecule has 0 aliphatic carbocycles. The van der Waals surface area contributed by atoms with Crippen LogP contribution in [0.15, 0.2) is 18.2 Å². The van der Waals surface area contributed by atoms with Gasteiger partial charge in [0.25, 0.3) is 11.6 Å². The molecule has 5 nitrogen and oxygen atoms in total. The van der Waals surface area contributed by atoms with Crippen molar-refractivity contribution in [3.05, 3.63) is 39.7 Å². The molecule has 9 heteroatoms. The minimum atomic E-state index is -3.77. The van der Waals surface area contributed by atoms with Crippen LogP contribution in [0.5, 0.6) is 0 Å². The minimum Gasteiger partial charge on any atom is -0.339 e.